The van der Waals surface area contributed by atoms with E-state index in [0.29, 0.717) is 13.2 Å². The summed E-state index contributed by atoms with van der Waals surface area (Å²) in [6.07, 6.45) is 0.923. The van der Waals surface area contributed by atoms with Crippen LogP contribution >= 0.6 is 11.6 Å². The Morgan fingerprint density at radius 3 is 2.95 bits per heavy atom. The van der Waals surface area contributed by atoms with E-state index in [0.717, 1.165) is 17.7 Å². The second-order valence-electron chi connectivity index (χ2n) is 4.86. The Bertz CT molecular complexity index is 617. The van der Waals surface area contributed by atoms with Crippen LogP contribution in [0.15, 0.2) is 42.5 Å². The molecule has 0 saturated heterocycles. The van der Waals surface area contributed by atoms with Crippen LogP contribution in [0.25, 0.3) is 0 Å². The molecular formula is C16H15ClFNO. The number of benzene rings is 2. The number of ether oxygens (including phenoxy) is 1. The summed E-state index contributed by atoms with van der Waals surface area (Å²) in [5, 5.41) is 3.64. The average molecular weight is 292 g/mol. The largest absolute Gasteiger partial charge is 0.493 e. The average Bonchev–Trinajstić information content (AvgIpc) is 2.48. The van der Waals surface area contributed by atoms with Crippen molar-refractivity contribution in [1.29, 1.82) is 0 Å². The molecule has 2 aromatic rings. The molecule has 0 aromatic heterocycles. The Hall–Kier alpha value is -1.58. The van der Waals surface area contributed by atoms with Crippen LogP contribution in [0, 0.1) is 5.82 Å². The summed E-state index contributed by atoms with van der Waals surface area (Å²) >= 11 is 5.79. The molecule has 20 heavy (non-hydrogen) atoms. The molecule has 1 unspecified atom stereocenters. The van der Waals surface area contributed by atoms with Gasteiger partial charge in [0.2, 0.25) is 0 Å². The predicted octanol–water partition coefficient (Wildman–Crippen LogP) is 4.09. The second kappa shape index (κ2) is 5.81. The fourth-order valence-corrected chi connectivity index (χ4v) is 2.65. The van der Waals surface area contributed by atoms with Crippen LogP contribution in [0.5, 0.6) is 5.75 Å². The number of hydrogen-bond acceptors (Lipinski definition) is 2. The summed E-state index contributed by atoms with van der Waals surface area (Å²) in [5.74, 6) is 0.556. The fourth-order valence-electron chi connectivity index (χ4n) is 2.44. The van der Waals surface area contributed by atoms with E-state index in [4.69, 9.17) is 16.3 Å². The third-order valence-corrected chi connectivity index (χ3v) is 3.78. The van der Waals surface area contributed by atoms with Gasteiger partial charge in [-0.15, -0.1) is 0 Å². The van der Waals surface area contributed by atoms with Crippen molar-refractivity contribution in [2.24, 2.45) is 0 Å². The second-order valence-corrected chi connectivity index (χ2v) is 5.26. The maximum Gasteiger partial charge on any atom is 0.141 e. The first-order chi connectivity index (χ1) is 9.74. The van der Waals surface area contributed by atoms with Gasteiger partial charge in [-0.1, -0.05) is 35.9 Å². The molecule has 1 N–H and O–H groups in total. The van der Waals surface area contributed by atoms with Crippen molar-refractivity contribution in [2.45, 2.75) is 19.0 Å². The molecule has 0 amide bonds. The highest BCUT2D eigenvalue weighted by atomic mass is 35.5. The standard InChI is InChI=1S/C16H15ClFNO/c17-13-9-11(5-6-14(13)18)10-19-15-7-8-20-16-4-2-1-3-12(15)16/h1-6,9,15,19H,7-8,10H2. The normalized spacial score (nSPS) is 17.4. The number of para-hydroxylation sites is 1. The number of nitrogens with one attached hydrogen (secondary N) is 1. The molecule has 0 radical (unpaired) electrons. The number of hydrogen-bond donors (Lipinski definition) is 1. The lowest BCUT2D eigenvalue weighted by atomic mass is 10.0. The Kier molecular flexibility index (Phi) is 3.90. The quantitative estimate of drug-likeness (QED) is 0.919. The summed E-state index contributed by atoms with van der Waals surface area (Å²) in [4.78, 5) is 0. The van der Waals surface area contributed by atoms with Crippen molar-refractivity contribution in [3.8, 4) is 5.75 Å². The van der Waals surface area contributed by atoms with Gasteiger partial charge < -0.3 is 10.1 Å². The minimum Gasteiger partial charge on any atom is -0.493 e. The van der Waals surface area contributed by atoms with Crippen LogP contribution in [0.4, 0.5) is 4.39 Å². The van der Waals surface area contributed by atoms with E-state index in [9.17, 15) is 4.39 Å². The highest BCUT2D eigenvalue weighted by Crippen LogP contribution is 2.31. The first-order valence-electron chi connectivity index (χ1n) is 6.63. The Morgan fingerprint density at radius 1 is 1.25 bits per heavy atom. The summed E-state index contributed by atoms with van der Waals surface area (Å²) in [6.45, 7) is 1.36. The van der Waals surface area contributed by atoms with Gasteiger partial charge in [0.1, 0.15) is 11.6 Å². The van der Waals surface area contributed by atoms with Gasteiger partial charge >= 0.3 is 0 Å². The monoisotopic (exact) mass is 291 g/mol. The molecule has 0 aliphatic carbocycles. The van der Waals surface area contributed by atoms with Gasteiger partial charge in [-0.25, -0.2) is 4.39 Å². The molecule has 0 spiro atoms. The van der Waals surface area contributed by atoms with E-state index >= 15 is 0 Å². The van der Waals surface area contributed by atoms with Gasteiger partial charge in [-0.3, -0.25) is 0 Å². The van der Waals surface area contributed by atoms with E-state index in [-0.39, 0.29) is 16.9 Å². The van der Waals surface area contributed by atoms with Crippen LogP contribution in [-0.2, 0) is 6.54 Å². The molecule has 0 fully saturated rings. The molecule has 1 atom stereocenters. The maximum absolute atomic E-state index is 13.1. The first kappa shape index (κ1) is 13.4. The first-order valence-corrected chi connectivity index (χ1v) is 7.01. The van der Waals surface area contributed by atoms with E-state index in [2.05, 4.69) is 11.4 Å². The highest BCUT2D eigenvalue weighted by Gasteiger charge is 2.20. The van der Waals surface area contributed by atoms with Crippen LogP contribution < -0.4 is 10.1 Å². The van der Waals surface area contributed by atoms with Crippen molar-refractivity contribution in [3.63, 3.8) is 0 Å². The molecule has 104 valence electrons. The van der Waals surface area contributed by atoms with Crippen LogP contribution in [-0.4, -0.2) is 6.61 Å². The zero-order valence-electron chi connectivity index (χ0n) is 10.9. The molecule has 4 heteroatoms. The third-order valence-electron chi connectivity index (χ3n) is 3.50. The minimum atomic E-state index is -0.383. The van der Waals surface area contributed by atoms with E-state index in [1.54, 1.807) is 12.1 Å². The van der Waals surface area contributed by atoms with Gasteiger partial charge in [0.25, 0.3) is 0 Å². The molecular weight excluding hydrogens is 277 g/mol. The lowest BCUT2D eigenvalue weighted by Gasteiger charge is -2.26. The smallest absolute Gasteiger partial charge is 0.141 e. The van der Waals surface area contributed by atoms with Crippen LogP contribution in [0.3, 0.4) is 0 Å². The molecule has 3 rings (SSSR count). The van der Waals surface area contributed by atoms with E-state index < -0.39 is 0 Å². The molecule has 2 aromatic carbocycles. The van der Waals surface area contributed by atoms with E-state index in [1.807, 2.05) is 18.2 Å². The zero-order chi connectivity index (χ0) is 13.9. The zero-order valence-corrected chi connectivity index (χ0v) is 11.7. The molecule has 1 heterocycles. The lowest BCUT2D eigenvalue weighted by Crippen LogP contribution is -2.26. The summed E-state index contributed by atoms with van der Waals surface area (Å²) in [5.41, 5.74) is 2.15. The SMILES string of the molecule is Fc1ccc(CNC2CCOc3ccccc32)cc1Cl. The minimum absolute atomic E-state index is 0.164. The summed E-state index contributed by atoms with van der Waals surface area (Å²) in [7, 11) is 0. The lowest BCUT2D eigenvalue weighted by molar-refractivity contribution is 0.252. The Morgan fingerprint density at radius 2 is 2.10 bits per heavy atom. The van der Waals surface area contributed by atoms with Crippen molar-refractivity contribution in [3.05, 3.63) is 64.4 Å². The topological polar surface area (TPSA) is 21.3 Å². The number of rotatable bonds is 3. The van der Waals surface area contributed by atoms with Crippen molar-refractivity contribution in [2.75, 3.05) is 6.61 Å². The third kappa shape index (κ3) is 2.79. The van der Waals surface area contributed by atoms with Gasteiger partial charge in [-0.05, 0) is 23.8 Å². The summed E-state index contributed by atoms with van der Waals surface area (Å²) < 4.78 is 18.8. The van der Waals surface area contributed by atoms with Gasteiger partial charge in [0, 0.05) is 24.6 Å². The Labute approximate surface area is 122 Å². The van der Waals surface area contributed by atoms with Crippen molar-refractivity contribution >= 4 is 11.6 Å². The highest BCUT2D eigenvalue weighted by molar-refractivity contribution is 6.30. The van der Waals surface area contributed by atoms with Crippen LogP contribution in [0.1, 0.15) is 23.6 Å². The van der Waals surface area contributed by atoms with E-state index in [1.165, 1.54) is 11.6 Å². The molecule has 1 aliphatic rings. The summed E-state index contributed by atoms with van der Waals surface area (Å²) in [6, 6.07) is 13.1. The van der Waals surface area contributed by atoms with Gasteiger partial charge in [0.15, 0.2) is 0 Å². The maximum atomic E-state index is 13.1. The van der Waals surface area contributed by atoms with Gasteiger partial charge in [-0.2, -0.15) is 0 Å². The van der Waals surface area contributed by atoms with Gasteiger partial charge in [0.05, 0.1) is 11.6 Å². The number of fused-ring (bicyclic) bond motifs is 1. The number of halogens is 2. The molecule has 1 aliphatic heterocycles. The van der Waals surface area contributed by atoms with Crippen LogP contribution in [0.2, 0.25) is 5.02 Å². The predicted molar refractivity (Wildman–Crippen MR) is 77.5 cm³/mol. The molecule has 0 bridgehead atoms. The molecule has 2 nitrogen and oxygen atoms in total. The van der Waals surface area contributed by atoms with Crippen molar-refractivity contribution in [1.82, 2.24) is 5.32 Å². The molecule has 0 saturated carbocycles. The fraction of sp³-hybridized carbons (Fsp3) is 0.250. The van der Waals surface area contributed by atoms with Crippen molar-refractivity contribution < 1.29 is 9.13 Å². The Balaban J connectivity index is 1.71.